The maximum absolute atomic E-state index is 12.6. The van der Waals surface area contributed by atoms with Crippen LogP contribution in [0.3, 0.4) is 0 Å². The Hall–Kier alpha value is -3.47. The summed E-state index contributed by atoms with van der Waals surface area (Å²) in [5.74, 6) is -0.267. The molecule has 0 atom stereocenters. The van der Waals surface area contributed by atoms with Crippen molar-refractivity contribution >= 4 is 22.4 Å². The molecule has 1 heterocycles. The number of nitrogens with zero attached hydrogens (tertiary/aromatic N) is 3. The van der Waals surface area contributed by atoms with Crippen LogP contribution in [0.15, 0.2) is 66.7 Å². The second-order valence-corrected chi connectivity index (χ2v) is 6.29. The van der Waals surface area contributed by atoms with Gasteiger partial charge in [0, 0.05) is 5.69 Å². The molecule has 0 radical (unpaired) electrons. The van der Waals surface area contributed by atoms with Crippen LogP contribution in [0.5, 0.6) is 0 Å². The van der Waals surface area contributed by atoms with Crippen molar-refractivity contribution in [3.05, 3.63) is 83.7 Å². The molecule has 0 fully saturated rings. The third-order valence-corrected chi connectivity index (χ3v) is 4.40. The molecule has 5 nitrogen and oxygen atoms in total. The number of benzene rings is 3. The van der Waals surface area contributed by atoms with Gasteiger partial charge in [0.05, 0.1) is 11.4 Å². The Morgan fingerprint density at radius 1 is 0.923 bits per heavy atom. The second kappa shape index (κ2) is 6.44. The molecule has 5 heteroatoms. The van der Waals surface area contributed by atoms with E-state index in [4.69, 9.17) is 0 Å². The first-order valence-electron chi connectivity index (χ1n) is 8.41. The number of carbonyl (C=O) groups excluding carboxylic acids is 1. The first-order chi connectivity index (χ1) is 12.6. The van der Waals surface area contributed by atoms with E-state index in [1.807, 2.05) is 80.6 Å². The molecule has 1 N–H and O–H groups in total. The molecule has 4 aromatic rings. The van der Waals surface area contributed by atoms with Crippen molar-refractivity contribution in [3.8, 4) is 5.69 Å². The molecule has 0 aliphatic rings. The Morgan fingerprint density at radius 2 is 1.65 bits per heavy atom. The van der Waals surface area contributed by atoms with E-state index in [1.54, 1.807) is 4.68 Å². The Balaban J connectivity index is 1.61. The fourth-order valence-electron chi connectivity index (χ4n) is 2.93. The molecule has 26 heavy (non-hydrogen) atoms. The van der Waals surface area contributed by atoms with Crippen molar-refractivity contribution in [1.82, 2.24) is 15.0 Å². The molecular weight excluding hydrogens is 324 g/mol. The number of hydrogen-bond acceptors (Lipinski definition) is 3. The number of fused-ring (bicyclic) bond motifs is 1. The summed E-state index contributed by atoms with van der Waals surface area (Å²) in [6.07, 6.45) is 0. The molecule has 0 aliphatic carbocycles. The Labute approximate surface area is 151 Å². The van der Waals surface area contributed by atoms with Crippen molar-refractivity contribution < 1.29 is 4.79 Å². The fraction of sp³-hybridized carbons (Fsp3) is 0.0952. The Morgan fingerprint density at radius 3 is 2.42 bits per heavy atom. The Bertz CT molecular complexity index is 1100. The highest BCUT2D eigenvalue weighted by Gasteiger charge is 2.17. The van der Waals surface area contributed by atoms with Crippen molar-refractivity contribution in [2.45, 2.75) is 13.8 Å². The molecule has 0 saturated heterocycles. The highest BCUT2D eigenvalue weighted by Crippen LogP contribution is 2.20. The molecule has 0 bridgehead atoms. The average molecular weight is 342 g/mol. The zero-order valence-electron chi connectivity index (χ0n) is 14.6. The number of carbonyl (C=O) groups is 1. The van der Waals surface area contributed by atoms with Crippen LogP contribution >= 0.6 is 0 Å². The molecular formula is C21H18N4O. The first kappa shape index (κ1) is 16.0. The molecule has 0 unspecified atom stereocenters. The Kier molecular flexibility index (Phi) is 3.97. The highest BCUT2D eigenvalue weighted by molar-refractivity contribution is 6.04. The zero-order valence-corrected chi connectivity index (χ0v) is 14.6. The summed E-state index contributed by atoms with van der Waals surface area (Å²) in [5, 5.41) is 13.3. The number of anilines is 1. The topological polar surface area (TPSA) is 59.8 Å². The third kappa shape index (κ3) is 2.95. The molecule has 0 spiro atoms. The minimum absolute atomic E-state index is 0.267. The minimum Gasteiger partial charge on any atom is -0.321 e. The summed E-state index contributed by atoms with van der Waals surface area (Å²) in [5.41, 5.74) is 3.80. The number of aryl methyl sites for hydroxylation is 1. The summed E-state index contributed by atoms with van der Waals surface area (Å²) in [4.78, 5) is 12.6. The summed E-state index contributed by atoms with van der Waals surface area (Å²) < 4.78 is 1.68. The van der Waals surface area contributed by atoms with Gasteiger partial charge in [-0.2, -0.15) is 0 Å². The first-order valence-corrected chi connectivity index (χ1v) is 8.41. The van der Waals surface area contributed by atoms with Gasteiger partial charge in [-0.15, -0.1) is 5.10 Å². The van der Waals surface area contributed by atoms with E-state index < -0.39 is 0 Å². The maximum atomic E-state index is 12.6. The van der Waals surface area contributed by atoms with Crippen LogP contribution in [0.4, 0.5) is 5.69 Å². The molecule has 128 valence electrons. The van der Waals surface area contributed by atoms with Crippen molar-refractivity contribution in [2.75, 3.05) is 5.32 Å². The molecule has 0 aliphatic heterocycles. The molecule has 1 amide bonds. The van der Waals surface area contributed by atoms with Gasteiger partial charge in [0.25, 0.3) is 5.91 Å². The third-order valence-electron chi connectivity index (χ3n) is 4.40. The van der Waals surface area contributed by atoms with Crippen LogP contribution in [0.1, 0.15) is 21.7 Å². The lowest BCUT2D eigenvalue weighted by atomic mass is 10.1. The summed E-state index contributed by atoms with van der Waals surface area (Å²) in [6, 6.07) is 21.8. The van der Waals surface area contributed by atoms with E-state index >= 15 is 0 Å². The van der Waals surface area contributed by atoms with Crippen molar-refractivity contribution in [1.29, 1.82) is 0 Å². The smallest absolute Gasteiger partial charge is 0.278 e. The molecule has 4 rings (SSSR count). The number of rotatable bonds is 3. The minimum atomic E-state index is -0.267. The predicted octanol–water partition coefficient (Wildman–Crippen LogP) is 4.29. The zero-order chi connectivity index (χ0) is 18.1. The van der Waals surface area contributed by atoms with Gasteiger partial charge in [0.1, 0.15) is 0 Å². The van der Waals surface area contributed by atoms with Gasteiger partial charge in [-0.1, -0.05) is 53.2 Å². The SMILES string of the molecule is Cc1ccc(-n2nnc(C(=O)Nc3ccc4ccccc4c3)c2C)cc1. The quantitative estimate of drug-likeness (QED) is 0.604. The number of nitrogens with one attached hydrogen (secondary N) is 1. The van der Waals surface area contributed by atoms with E-state index in [0.717, 1.165) is 22.1 Å². The summed E-state index contributed by atoms with van der Waals surface area (Å²) >= 11 is 0. The van der Waals surface area contributed by atoms with Crippen LogP contribution in [-0.2, 0) is 0 Å². The van der Waals surface area contributed by atoms with Crippen LogP contribution in [0, 0.1) is 13.8 Å². The number of aromatic nitrogens is 3. The normalized spacial score (nSPS) is 10.8. The lowest BCUT2D eigenvalue weighted by Crippen LogP contribution is -2.14. The van der Waals surface area contributed by atoms with Crippen LogP contribution in [0.25, 0.3) is 16.5 Å². The molecule has 0 saturated carbocycles. The lowest BCUT2D eigenvalue weighted by molar-refractivity contribution is 0.102. The van der Waals surface area contributed by atoms with Gasteiger partial charge in [-0.05, 0) is 48.9 Å². The second-order valence-electron chi connectivity index (χ2n) is 6.29. The number of hydrogen-bond donors (Lipinski definition) is 1. The van der Waals surface area contributed by atoms with Crippen LogP contribution in [0.2, 0.25) is 0 Å². The predicted molar refractivity (Wildman–Crippen MR) is 103 cm³/mol. The van der Waals surface area contributed by atoms with Gasteiger partial charge in [-0.3, -0.25) is 4.79 Å². The van der Waals surface area contributed by atoms with Gasteiger partial charge in [-0.25, -0.2) is 4.68 Å². The van der Waals surface area contributed by atoms with Gasteiger partial charge in [0.2, 0.25) is 0 Å². The van der Waals surface area contributed by atoms with Crippen molar-refractivity contribution in [2.24, 2.45) is 0 Å². The van der Waals surface area contributed by atoms with E-state index in [0.29, 0.717) is 11.4 Å². The summed E-state index contributed by atoms with van der Waals surface area (Å²) in [7, 11) is 0. The highest BCUT2D eigenvalue weighted by atomic mass is 16.2. The van der Waals surface area contributed by atoms with E-state index in [2.05, 4.69) is 15.6 Å². The lowest BCUT2D eigenvalue weighted by Gasteiger charge is -2.06. The molecule has 1 aromatic heterocycles. The van der Waals surface area contributed by atoms with E-state index in [9.17, 15) is 4.79 Å². The monoisotopic (exact) mass is 342 g/mol. The van der Waals surface area contributed by atoms with Crippen molar-refractivity contribution in [3.63, 3.8) is 0 Å². The van der Waals surface area contributed by atoms with E-state index in [-0.39, 0.29) is 5.91 Å². The average Bonchev–Trinajstić information content (AvgIpc) is 3.04. The summed E-state index contributed by atoms with van der Waals surface area (Å²) in [6.45, 7) is 3.87. The fourth-order valence-corrected chi connectivity index (χ4v) is 2.93. The van der Waals surface area contributed by atoms with Crippen LogP contribution < -0.4 is 5.32 Å². The number of amides is 1. The molecule has 3 aromatic carbocycles. The maximum Gasteiger partial charge on any atom is 0.278 e. The van der Waals surface area contributed by atoms with Gasteiger partial charge < -0.3 is 5.32 Å². The van der Waals surface area contributed by atoms with E-state index in [1.165, 1.54) is 5.56 Å². The van der Waals surface area contributed by atoms with Gasteiger partial charge in [0.15, 0.2) is 5.69 Å². The largest absolute Gasteiger partial charge is 0.321 e. The standard InChI is InChI=1S/C21H18N4O/c1-14-7-11-19(12-8-14)25-15(2)20(23-24-25)21(26)22-18-10-9-16-5-3-4-6-17(16)13-18/h3-13H,1-2H3,(H,22,26). The van der Waals surface area contributed by atoms with Gasteiger partial charge >= 0.3 is 0 Å². The van der Waals surface area contributed by atoms with Crippen LogP contribution in [-0.4, -0.2) is 20.9 Å².